The average Bonchev–Trinajstić information content (AvgIpc) is 2.18. The van der Waals surface area contributed by atoms with E-state index in [9.17, 15) is 4.79 Å². The lowest BCUT2D eigenvalue weighted by Crippen LogP contribution is -2.30. The van der Waals surface area contributed by atoms with Gasteiger partial charge < -0.3 is 10.1 Å². The fourth-order valence-electron chi connectivity index (χ4n) is 1.76. The number of amides is 1. The van der Waals surface area contributed by atoms with Gasteiger partial charge in [-0.15, -0.1) is 0 Å². The second-order valence-electron chi connectivity index (χ2n) is 3.57. The summed E-state index contributed by atoms with van der Waals surface area (Å²) in [6.07, 6.45) is 0.785. The van der Waals surface area contributed by atoms with Gasteiger partial charge in [0, 0.05) is 23.9 Å². The van der Waals surface area contributed by atoms with E-state index in [1.807, 2.05) is 12.1 Å². The molecule has 1 aliphatic rings. The van der Waals surface area contributed by atoms with Crippen molar-refractivity contribution < 1.29 is 9.53 Å². The molecule has 0 unspecified atom stereocenters. The maximum absolute atomic E-state index is 11.0. The molecule has 1 amide bonds. The molecule has 0 spiro atoms. The second-order valence-corrected chi connectivity index (χ2v) is 4.01. The second kappa shape index (κ2) is 4.11. The molecule has 0 radical (unpaired) electrons. The Labute approximate surface area is 93.4 Å². The first-order valence-corrected chi connectivity index (χ1v) is 5.24. The number of hydrogen-bond acceptors (Lipinski definition) is 2. The first-order chi connectivity index (χ1) is 7.16. The third-order valence-corrected chi connectivity index (χ3v) is 2.62. The van der Waals surface area contributed by atoms with E-state index in [2.05, 4.69) is 5.32 Å². The van der Waals surface area contributed by atoms with Gasteiger partial charge in [-0.3, -0.25) is 4.79 Å². The van der Waals surface area contributed by atoms with Crippen molar-refractivity contribution >= 4 is 17.5 Å². The van der Waals surface area contributed by atoms with Crippen molar-refractivity contribution in [1.82, 2.24) is 5.32 Å². The number of halogens is 1. The molecule has 2 rings (SSSR count). The molecule has 1 N–H and O–H groups in total. The van der Waals surface area contributed by atoms with Crippen LogP contribution in [0.25, 0.3) is 0 Å². The number of benzene rings is 1. The Hall–Kier alpha value is -1.22. The highest BCUT2D eigenvalue weighted by Gasteiger charge is 2.22. The lowest BCUT2D eigenvalue weighted by molar-refractivity contribution is -0.119. The number of carbonyl (C=O) groups excluding carboxylic acids is 1. The van der Waals surface area contributed by atoms with E-state index in [0.717, 1.165) is 17.7 Å². The minimum absolute atomic E-state index is 0.0185. The molecule has 1 atom stereocenters. The summed E-state index contributed by atoms with van der Waals surface area (Å²) in [6.45, 7) is 2.14. The molecule has 0 aromatic heterocycles. The summed E-state index contributed by atoms with van der Waals surface area (Å²) in [5.74, 6) is 0.775. The van der Waals surface area contributed by atoms with Crippen LogP contribution in [0.3, 0.4) is 0 Å². The molecular formula is C11H12ClNO2. The normalized spacial score (nSPS) is 18.9. The molecule has 0 fully saturated rings. The molecule has 3 nitrogen and oxygen atoms in total. The van der Waals surface area contributed by atoms with Crippen LogP contribution in [-0.2, 0) is 4.79 Å². The smallest absolute Gasteiger partial charge is 0.217 e. The standard InChI is InChI=1S/C11H12ClNO2/c1-7(14)13-10-4-5-15-11-3-2-8(12)6-9(10)11/h2-3,6,10H,4-5H2,1H3,(H,13,14)/t10-/m1/s1. The van der Waals surface area contributed by atoms with Crippen LogP contribution < -0.4 is 10.1 Å². The Morgan fingerprint density at radius 3 is 3.13 bits per heavy atom. The van der Waals surface area contributed by atoms with Gasteiger partial charge in [-0.25, -0.2) is 0 Å². The van der Waals surface area contributed by atoms with Crippen LogP contribution in [0.5, 0.6) is 5.75 Å². The highest BCUT2D eigenvalue weighted by atomic mass is 35.5. The fourth-order valence-corrected chi connectivity index (χ4v) is 1.94. The van der Waals surface area contributed by atoms with Crippen LogP contribution in [0, 0.1) is 0 Å². The molecule has 1 aromatic carbocycles. The van der Waals surface area contributed by atoms with Gasteiger partial charge in [-0.05, 0) is 18.2 Å². The van der Waals surface area contributed by atoms with E-state index in [1.165, 1.54) is 6.92 Å². The highest BCUT2D eigenvalue weighted by Crippen LogP contribution is 2.33. The average molecular weight is 226 g/mol. The predicted molar refractivity (Wildman–Crippen MR) is 58.1 cm³/mol. The van der Waals surface area contributed by atoms with Gasteiger partial charge in [0.2, 0.25) is 5.91 Å². The van der Waals surface area contributed by atoms with Gasteiger partial charge in [0.1, 0.15) is 5.75 Å². The van der Waals surface area contributed by atoms with E-state index in [1.54, 1.807) is 6.07 Å². The summed E-state index contributed by atoms with van der Waals surface area (Å²) in [6, 6.07) is 5.49. The number of hydrogen-bond donors (Lipinski definition) is 1. The molecule has 1 aliphatic heterocycles. The minimum Gasteiger partial charge on any atom is -0.493 e. The monoisotopic (exact) mass is 225 g/mol. The number of carbonyl (C=O) groups is 1. The molecule has 15 heavy (non-hydrogen) atoms. The van der Waals surface area contributed by atoms with Gasteiger partial charge in [0.15, 0.2) is 0 Å². The Bertz CT molecular complexity index is 392. The van der Waals surface area contributed by atoms with E-state index >= 15 is 0 Å². The Balaban J connectivity index is 2.32. The van der Waals surface area contributed by atoms with Crippen molar-refractivity contribution in [2.75, 3.05) is 6.61 Å². The van der Waals surface area contributed by atoms with Gasteiger partial charge in [0.05, 0.1) is 12.6 Å². The SMILES string of the molecule is CC(=O)N[C@@H]1CCOc2ccc(Cl)cc21. The topological polar surface area (TPSA) is 38.3 Å². The maximum atomic E-state index is 11.0. The zero-order chi connectivity index (χ0) is 10.8. The maximum Gasteiger partial charge on any atom is 0.217 e. The fraction of sp³-hybridized carbons (Fsp3) is 0.364. The molecule has 1 aromatic rings. The van der Waals surface area contributed by atoms with Gasteiger partial charge in [0.25, 0.3) is 0 Å². The Morgan fingerprint density at radius 1 is 1.60 bits per heavy atom. The van der Waals surface area contributed by atoms with Crippen molar-refractivity contribution in [2.24, 2.45) is 0 Å². The number of rotatable bonds is 1. The lowest BCUT2D eigenvalue weighted by atomic mass is 10.0. The molecule has 0 bridgehead atoms. The highest BCUT2D eigenvalue weighted by molar-refractivity contribution is 6.30. The zero-order valence-corrected chi connectivity index (χ0v) is 9.17. The quantitative estimate of drug-likeness (QED) is 0.797. The summed E-state index contributed by atoms with van der Waals surface area (Å²) in [7, 11) is 0. The number of fused-ring (bicyclic) bond motifs is 1. The summed E-state index contributed by atoms with van der Waals surface area (Å²) >= 11 is 5.91. The van der Waals surface area contributed by atoms with Crippen LogP contribution >= 0.6 is 11.6 Å². The first-order valence-electron chi connectivity index (χ1n) is 4.86. The Kier molecular flexibility index (Phi) is 2.82. The molecule has 80 valence electrons. The summed E-state index contributed by atoms with van der Waals surface area (Å²) in [5.41, 5.74) is 0.962. The van der Waals surface area contributed by atoms with Crippen LogP contribution in [0.1, 0.15) is 24.9 Å². The molecule has 0 saturated carbocycles. The van der Waals surface area contributed by atoms with Gasteiger partial charge in [-0.2, -0.15) is 0 Å². The molecule has 4 heteroatoms. The predicted octanol–water partition coefficient (Wildman–Crippen LogP) is 2.30. The third-order valence-electron chi connectivity index (χ3n) is 2.39. The van der Waals surface area contributed by atoms with E-state index < -0.39 is 0 Å². The lowest BCUT2D eigenvalue weighted by Gasteiger charge is -2.26. The van der Waals surface area contributed by atoms with Crippen LogP contribution in [0.15, 0.2) is 18.2 Å². The summed E-state index contributed by atoms with van der Waals surface area (Å²) < 4.78 is 5.48. The van der Waals surface area contributed by atoms with Crippen molar-refractivity contribution in [3.8, 4) is 5.75 Å². The van der Waals surface area contributed by atoms with Crippen LogP contribution in [0.2, 0.25) is 5.02 Å². The zero-order valence-electron chi connectivity index (χ0n) is 8.42. The molecule has 0 aliphatic carbocycles. The van der Waals surface area contributed by atoms with Crippen molar-refractivity contribution in [3.05, 3.63) is 28.8 Å². The largest absolute Gasteiger partial charge is 0.493 e. The third kappa shape index (κ3) is 2.23. The van der Waals surface area contributed by atoms with E-state index in [-0.39, 0.29) is 11.9 Å². The van der Waals surface area contributed by atoms with E-state index in [0.29, 0.717) is 11.6 Å². The molecule has 1 heterocycles. The van der Waals surface area contributed by atoms with Crippen molar-refractivity contribution in [3.63, 3.8) is 0 Å². The van der Waals surface area contributed by atoms with Crippen molar-refractivity contribution in [2.45, 2.75) is 19.4 Å². The van der Waals surface area contributed by atoms with Gasteiger partial charge in [-0.1, -0.05) is 11.6 Å². The minimum atomic E-state index is -0.0344. The van der Waals surface area contributed by atoms with Crippen molar-refractivity contribution in [1.29, 1.82) is 0 Å². The Morgan fingerprint density at radius 2 is 2.40 bits per heavy atom. The molecule has 0 saturated heterocycles. The number of nitrogens with one attached hydrogen (secondary N) is 1. The van der Waals surface area contributed by atoms with E-state index in [4.69, 9.17) is 16.3 Å². The van der Waals surface area contributed by atoms with Gasteiger partial charge >= 0.3 is 0 Å². The van der Waals surface area contributed by atoms with Crippen LogP contribution in [0.4, 0.5) is 0 Å². The summed E-state index contributed by atoms with van der Waals surface area (Å²) in [4.78, 5) is 11.0. The van der Waals surface area contributed by atoms with Crippen LogP contribution in [-0.4, -0.2) is 12.5 Å². The summed E-state index contributed by atoms with van der Waals surface area (Å²) in [5, 5.41) is 3.55. The molecular weight excluding hydrogens is 214 g/mol. The first kappa shape index (κ1) is 10.3. The number of ether oxygens (including phenoxy) is 1.